The Bertz CT molecular complexity index is 1400. The van der Waals surface area contributed by atoms with Crippen LogP contribution in [-0.2, 0) is 14.8 Å². The molecule has 37 heavy (non-hydrogen) atoms. The number of aromatic nitrogens is 4. The van der Waals surface area contributed by atoms with Crippen molar-refractivity contribution >= 4 is 39.0 Å². The van der Waals surface area contributed by atoms with E-state index in [9.17, 15) is 17.2 Å². The first-order valence-corrected chi connectivity index (χ1v) is 14.2. The third-order valence-corrected chi connectivity index (χ3v) is 9.37. The van der Waals surface area contributed by atoms with Crippen molar-refractivity contribution in [2.75, 3.05) is 24.5 Å². The summed E-state index contributed by atoms with van der Waals surface area (Å²) in [5.41, 5.74) is 1.04. The summed E-state index contributed by atoms with van der Waals surface area (Å²) in [6.45, 7) is 3.93. The minimum Gasteiger partial charge on any atom is -0.483 e. The Morgan fingerprint density at radius 3 is 2.68 bits per heavy atom. The normalized spacial score (nSPS) is 21.1. The summed E-state index contributed by atoms with van der Waals surface area (Å²) in [5.74, 6) is 0.945. The highest BCUT2D eigenvalue weighted by molar-refractivity contribution is 7.89. The third-order valence-electron chi connectivity index (χ3n) is 6.84. The SMILES string of the molecule is CC1(NS(=O)(=O)c2cc(N3CCNC(C4CC4)C3)c3cnc(-c4nnc(C(F)F)s4)n3c2)CC1.O=CO. The summed E-state index contributed by atoms with van der Waals surface area (Å²) in [6, 6.07) is 2.06. The van der Waals surface area contributed by atoms with Crippen molar-refractivity contribution in [1.82, 2.24) is 29.6 Å². The highest BCUT2D eigenvalue weighted by Gasteiger charge is 2.42. The van der Waals surface area contributed by atoms with Crippen LogP contribution < -0.4 is 14.9 Å². The highest BCUT2D eigenvalue weighted by atomic mass is 32.2. The first kappa shape index (κ1) is 25.9. The monoisotopic (exact) mass is 555 g/mol. The zero-order chi connectivity index (χ0) is 26.4. The predicted octanol–water partition coefficient (Wildman–Crippen LogP) is 2.51. The molecule has 1 saturated heterocycles. The lowest BCUT2D eigenvalue weighted by Gasteiger charge is -2.36. The van der Waals surface area contributed by atoms with Crippen molar-refractivity contribution < 1.29 is 27.1 Å². The lowest BCUT2D eigenvalue weighted by molar-refractivity contribution is -0.122. The van der Waals surface area contributed by atoms with E-state index in [1.54, 1.807) is 16.7 Å². The molecule has 2 aliphatic carbocycles. The second-order valence-corrected chi connectivity index (χ2v) is 12.5. The van der Waals surface area contributed by atoms with Gasteiger partial charge in [0, 0.05) is 37.4 Å². The van der Waals surface area contributed by atoms with Crippen LogP contribution >= 0.6 is 11.3 Å². The number of sulfonamides is 1. The van der Waals surface area contributed by atoms with Crippen LogP contribution in [-0.4, -0.2) is 70.8 Å². The van der Waals surface area contributed by atoms with Gasteiger partial charge in [0.1, 0.15) is 4.90 Å². The van der Waals surface area contributed by atoms with Gasteiger partial charge in [0.15, 0.2) is 15.8 Å². The maximum atomic E-state index is 13.3. The van der Waals surface area contributed by atoms with Gasteiger partial charge in [-0.25, -0.2) is 26.9 Å². The molecule has 200 valence electrons. The van der Waals surface area contributed by atoms with Crippen molar-refractivity contribution in [1.29, 1.82) is 0 Å². The molecular formula is C22H27F2N7O4S2. The number of nitrogens with zero attached hydrogens (tertiary/aromatic N) is 5. The van der Waals surface area contributed by atoms with E-state index >= 15 is 0 Å². The topological polar surface area (TPSA) is 142 Å². The molecule has 1 atom stereocenters. The molecule has 2 saturated carbocycles. The van der Waals surface area contributed by atoms with Crippen LogP contribution in [0.4, 0.5) is 14.5 Å². The quantitative estimate of drug-likeness (QED) is 0.375. The molecule has 3 aromatic rings. The number of piperazine rings is 1. The van der Waals surface area contributed by atoms with E-state index in [4.69, 9.17) is 9.90 Å². The molecule has 3 N–H and O–H groups in total. The van der Waals surface area contributed by atoms with E-state index in [1.807, 2.05) is 6.92 Å². The third kappa shape index (κ3) is 5.44. The number of anilines is 1. The smallest absolute Gasteiger partial charge is 0.291 e. The Labute approximate surface area is 216 Å². The van der Waals surface area contributed by atoms with Gasteiger partial charge in [0.05, 0.1) is 17.4 Å². The molecule has 0 bridgehead atoms. The zero-order valence-electron chi connectivity index (χ0n) is 20.0. The fourth-order valence-electron chi connectivity index (χ4n) is 4.51. The molecule has 4 heterocycles. The van der Waals surface area contributed by atoms with E-state index in [-0.39, 0.29) is 16.4 Å². The molecule has 3 aliphatic rings. The lowest BCUT2D eigenvalue weighted by Crippen LogP contribution is -2.52. The standard InChI is InChI=1S/C21H25F2N7O2S2.CH2O2/c1-21(4-5-21)28-34(31,32)13-8-15(29-7-6-24-14(11-29)12-2-3-12)16-9-25-18(30(16)10-13)20-27-26-19(33-20)17(22)23;2-1-3/h8-10,12,14,17,24,28H,2-7,11H2,1H3;1H,(H,2,3). The first-order chi connectivity index (χ1) is 17.6. The Morgan fingerprint density at radius 1 is 1.32 bits per heavy atom. The number of hydrogen-bond donors (Lipinski definition) is 3. The minimum atomic E-state index is -3.80. The molecule has 15 heteroatoms. The maximum Gasteiger partial charge on any atom is 0.291 e. The summed E-state index contributed by atoms with van der Waals surface area (Å²) in [5, 5.41) is 17.8. The number of hydrogen-bond acceptors (Lipinski definition) is 9. The van der Waals surface area contributed by atoms with Crippen molar-refractivity contribution in [3.63, 3.8) is 0 Å². The Balaban J connectivity index is 0.000000892. The lowest BCUT2D eigenvalue weighted by atomic mass is 10.1. The molecule has 0 aromatic carbocycles. The van der Waals surface area contributed by atoms with E-state index in [0.29, 0.717) is 23.3 Å². The van der Waals surface area contributed by atoms with Crippen LogP contribution in [0.2, 0.25) is 0 Å². The van der Waals surface area contributed by atoms with E-state index in [0.717, 1.165) is 49.5 Å². The molecule has 1 unspecified atom stereocenters. The van der Waals surface area contributed by atoms with Gasteiger partial charge in [-0.1, -0.05) is 11.3 Å². The van der Waals surface area contributed by atoms with Crippen molar-refractivity contribution in [3.05, 3.63) is 23.5 Å². The van der Waals surface area contributed by atoms with Gasteiger partial charge in [-0.2, -0.15) is 0 Å². The summed E-state index contributed by atoms with van der Waals surface area (Å²) >= 11 is 0.757. The van der Waals surface area contributed by atoms with Gasteiger partial charge in [-0.15, -0.1) is 10.2 Å². The van der Waals surface area contributed by atoms with Crippen LogP contribution in [0.3, 0.4) is 0 Å². The average molecular weight is 556 g/mol. The van der Waals surface area contributed by atoms with Gasteiger partial charge in [-0.3, -0.25) is 9.20 Å². The summed E-state index contributed by atoms with van der Waals surface area (Å²) in [4.78, 5) is 15.1. The summed E-state index contributed by atoms with van der Waals surface area (Å²) in [7, 11) is -3.80. The number of carboxylic acid groups (broad SMARTS) is 1. The predicted molar refractivity (Wildman–Crippen MR) is 132 cm³/mol. The summed E-state index contributed by atoms with van der Waals surface area (Å²) in [6.07, 6.45) is 4.41. The van der Waals surface area contributed by atoms with Crippen LogP contribution in [0, 0.1) is 5.92 Å². The molecule has 0 spiro atoms. The van der Waals surface area contributed by atoms with Crippen LogP contribution in [0.25, 0.3) is 16.3 Å². The fourth-order valence-corrected chi connectivity index (χ4v) is 6.68. The van der Waals surface area contributed by atoms with Gasteiger partial charge < -0.3 is 15.3 Å². The number of pyridine rings is 1. The second-order valence-electron chi connectivity index (χ2n) is 9.76. The van der Waals surface area contributed by atoms with Gasteiger partial charge in [0.2, 0.25) is 10.0 Å². The van der Waals surface area contributed by atoms with Crippen molar-refractivity contribution in [3.8, 4) is 10.8 Å². The molecule has 11 nitrogen and oxygen atoms in total. The second kappa shape index (κ2) is 9.85. The highest BCUT2D eigenvalue weighted by Crippen LogP contribution is 2.39. The van der Waals surface area contributed by atoms with Crippen LogP contribution in [0.5, 0.6) is 0 Å². The van der Waals surface area contributed by atoms with Crippen LogP contribution in [0.1, 0.15) is 44.0 Å². The van der Waals surface area contributed by atoms with E-state index in [1.165, 1.54) is 19.0 Å². The molecule has 3 fully saturated rings. The van der Waals surface area contributed by atoms with E-state index < -0.39 is 27.0 Å². The maximum absolute atomic E-state index is 13.3. The van der Waals surface area contributed by atoms with E-state index in [2.05, 4.69) is 30.1 Å². The van der Waals surface area contributed by atoms with Gasteiger partial charge in [-0.05, 0) is 44.6 Å². The molecule has 0 amide bonds. The fraction of sp³-hybridized carbons (Fsp3) is 0.545. The number of imidazole rings is 1. The van der Waals surface area contributed by atoms with Crippen LogP contribution in [0.15, 0.2) is 23.4 Å². The molecule has 1 aliphatic heterocycles. The number of nitrogens with one attached hydrogen (secondary N) is 2. The van der Waals surface area contributed by atoms with Crippen molar-refractivity contribution in [2.24, 2.45) is 5.92 Å². The molecular weight excluding hydrogens is 528 g/mol. The number of fused-ring (bicyclic) bond motifs is 1. The number of rotatable bonds is 7. The van der Waals surface area contributed by atoms with Gasteiger partial charge in [0.25, 0.3) is 12.9 Å². The molecule has 0 radical (unpaired) electrons. The number of carbonyl (C=O) groups is 1. The van der Waals surface area contributed by atoms with Crippen molar-refractivity contribution in [2.45, 2.75) is 55.5 Å². The Kier molecular flexibility index (Phi) is 6.89. The minimum absolute atomic E-state index is 0.113. The Hall–Kier alpha value is -2.75. The zero-order valence-corrected chi connectivity index (χ0v) is 21.6. The number of halogens is 2. The largest absolute Gasteiger partial charge is 0.483 e. The summed E-state index contributed by atoms with van der Waals surface area (Å²) < 4.78 is 57.3. The average Bonchev–Trinajstić information content (AvgIpc) is 3.73. The Morgan fingerprint density at radius 2 is 2.05 bits per heavy atom. The first-order valence-electron chi connectivity index (χ1n) is 11.9. The number of alkyl halides is 2. The van der Waals surface area contributed by atoms with Gasteiger partial charge >= 0.3 is 0 Å². The molecule has 6 rings (SSSR count). The molecule has 3 aromatic heterocycles.